The summed E-state index contributed by atoms with van der Waals surface area (Å²) in [5.41, 5.74) is 2.21. The van der Waals surface area contributed by atoms with Crippen LogP contribution in [0.3, 0.4) is 0 Å². The van der Waals surface area contributed by atoms with E-state index in [0.29, 0.717) is 17.3 Å². The van der Waals surface area contributed by atoms with Crippen molar-refractivity contribution >= 4 is 21.4 Å². The summed E-state index contributed by atoms with van der Waals surface area (Å²) in [5.74, 6) is 0.798. The van der Waals surface area contributed by atoms with E-state index in [4.69, 9.17) is 4.74 Å². The molecule has 1 heterocycles. The maximum absolute atomic E-state index is 13.5. The molecule has 6 heteroatoms. The van der Waals surface area contributed by atoms with Crippen LogP contribution in [0.1, 0.15) is 5.56 Å². The van der Waals surface area contributed by atoms with Gasteiger partial charge in [-0.25, -0.2) is 12.7 Å². The zero-order valence-corrected chi connectivity index (χ0v) is 15.5. The van der Waals surface area contributed by atoms with Crippen LogP contribution < -0.4 is 14.4 Å². The smallest absolute Gasteiger partial charge is 0.270 e. The van der Waals surface area contributed by atoms with Gasteiger partial charge in [0.05, 0.1) is 4.90 Å². The number of hydrogen-bond acceptors (Lipinski definition) is 4. The van der Waals surface area contributed by atoms with E-state index in [-0.39, 0.29) is 4.90 Å². The predicted octanol–water partition coefficient (Wildman–Crippen LogP) is 4.49. The lowest BCUT2D eigenvalue weighted by atomic mass is 10.2. The minimum absolute atomic E-state index is 0.213. The van der Waals surface area contributed by atoms with Crippen LogP contribution in [-0.4, -0.2) is 8.42 Å². The first-order valence-corrected chi connectivity index (χ1v) is 9.90. The summed E-state index contributed by atoms with van der Waals surface area (Å²) in [6, 6.07) is 23.2. The lowest BCUT2D eigenvalue weighted by Crippen LogP contribution is -2.36. The Balaban J connectivity index is 1.82. The first-order valence-electron chi connectivity index (χ1n) is 8.46. The fourth-order valence-electron chi connectivity index (χ4n) is 2.85. The highest BCUT2D eigenvalue weighted by atomic mass is 32.2. The summed E-state index contributed by atoms with van der Waals surface area (Å²) >= 11 is 0. The van der Waals surface area contributed by atoms with Gasteiger partial charge in [-0.2, -0.15) is 0 Å². The van der Waals surface area contributed by atoms with Crippen LogP contribution in [0.15, 0.2) is 95.8 Å². The van der Waals surface area contributed by atoms with Gasteiger partial charge >= 0.3 is 0 Å². The summed E-state index contributed by atoms with van der Waals surface area (Å²) in [5, 5.41) is 3.14. The highest BCUT2D eigenvalue weighted by Gasteiger charge is 2.33. The van der Waals surface area contributed by atoms with E-state index in [1.165, 1.54) is 10.6 Å². The number of ether oxygens (including phenoxy) is 1. The van der Waals surface area contributed by atoms with Crippen molar-refractivity contribution in [3.63, 3.8) is 0 Å². The fourth-order valence-corrected chi connectivity index (χ4v) is 4.29. The van der Waals surface area contributed by atoms with Crippen LogP contribution >= 0.6 is 0 Å². The molecule has 1 N–H and O–H groups in total. The summed E-state index contributed by atoms with van der Waals surface area (Å²) in [6.45, 7) is 1.92. The van der Waals surface area contributed by atoms with Gasteiger partial charge in [0.25, 0.3) is 10.0 Å². The third-order valence-electron chi connectivity index (χ3n) is 4.21. The van der Waals surface area contributed by atoms with E-state index in [0.717, 1.165) is 11.3 Å². The topological polar surface area (TPSA) is 58.6 Å². The number of benzene rings is 3. The minimum atomic E-state index is -3.84. The van der Waals surface area contributed by atoms with Gasteiger partial charge in [-0.3, -0.25) is 0 Å². The highest BCUT2D eigenvalue weighted by Crippen LogP contribution is 2.38. The van der Waals surface area contributed by atoms with Gasteiger partial charge in [0, 0.05) is 5.69 Å². The Morgan fingerprint density at radius 1 is 0.852 bits per heavy atom. The Morgan fingerprint density at radius 2 is 1.52 bits per heavy atom. The van der Waals surface area contributed by atoms with Gasteiger partial charge in [0.15, 0.2) is 11.6 Å². The summed E-state index contributed by atoms with van der Waals surface area (Å²) < 4.78 is 33.8. The Hall–Kier alpha value is -3.25. The van der Waals surface area contributed by atoms with Crippen molar-refractivity contribution < 1.29 is 13.2 Å². The van der Waals surface area contributed by atoms with E-state index in [1.54, 1.807) is 48.5 Å². The molecule has 0 bridgehead atoms. The minimum Gasteiger partial charge on any atom is -0.459 e. The molecule has 27 heavy (non-hydrogen) atoms. The van der Waals surface area contributed by atoms with Crippen molar-refractivity contribution in [3.8, 4) is 5.75 Å². The average molecular weight is 378 g/mol. The number of sulfonamides is 1. The molecule has 0 aliphatic carbocycles. The number of anilines is 2. The third kappa shape index (κ3) is 3.27. The molecule has 0 aromatic heterocycles. The SMILES string of the molecule is Cc1ccc(S(=O)(=O)N2C(Nc3ccccc3)=COc3ccccc32)cc1. The number of fused-ring (bicyclic) bond motifs is 1. The number of hydrogen-bond donors (Lipinski definition) is 1. The van der Waals surface area contributed by atoms with Crippen LogP contribution in [0.2, 0.25) is 0 Å². The van der Waals surface area contributed by atoms with Crippen molar-refractivity contribution in [2.24, 2.45) is 0 Å². The monoisotopic (exact) mass is 378 g/mol. The summed E-state index contributed by atoms with van der Waals surface area (Å²) in [4.78, 5) is 0.213. The molecule has 1 aliphatic heterocycles. The molecule has 0 saturated carbocycles. The molecule has 0 fully saturated rings. The van der Waals surface area contributed by atoms with Gasteiger partial charge in [0.2, 0.25) is 0 Å². The molecular formula is C21H18N2O3S. The predicted molar refractivity (Wildman–Crippen MR) is 106 cm³/mol. The van der Waals surface area contributed by atoms with Crippen molar-refractivity contribution in [3.05, 3.63) is 96.5 Å². The molecule has 0 radical (unpaired) electrons. The number of nitrogens with zero attached hydrogens (tertiary/aromatic N) is 1. The lowest BCUT2D eigenvalue weighted by Gasteiger charge is -2.31. The van der Waals surface area contributed by atoms with Crippen LogP contribution in [0.25, 0.3) is 0 Å². The molecule has 136 valence electrons. The van der Waals surface area contributed by atoms with Gasteiger partial charge in [0.1, 0.15) is 11.9 Å². The van der Waals surface area contributed by atoms with Crippen LogP contribution in [-0.2, 0) is 10.0 Å². The summed E-state index contributed by atoms with van der Waals surface area (Å²) in [7, 11) is -3.84. The Morgan fingerprint density at radius 3 is 2.26 bits per heavy atom. The van der Waals surface area contributed by atoms with E-state index in [1.807, 2.05) is 37.3 Å². The first kappa shape index (κ1) is 17.2. The Bertz CT molecular complexity index is 1090. The molecule has 3 aromatic rings. The first-order chi connectivity index (χ1) is 13.1. The Labute approximate surface area is 158 Å². The Kier molecular flexibility index (Phi) is 4.33. The molecule has 0 atom stereocenters. The number of nitrogens with one attached hydrogen (secondary N) is 1. The van der Waals surface area contributed by atoms with E-state index in [9.17, 15) is 8.42 Å². The van der Waals surface area contributed by atoms with Crippen molar-refractivity contribution in [2.75, 3.05) is 9.62 Å². The largest absolute Gasteiger partial charge is 0.459 e. The average Bonchev–Trinajstić information content (AvgIpc) is 2.69. The van der Waals surface area contributed by atoms with Crippen molar-refractivity contribution in [1.82, 2.24) is 0 Å². The fraction of sp³-hybridized carbons (Fsp3) is 0.0476. The maximum atomic E-state index is 13.5. The molecule has 3 aromatic carbocycles. The molecule has 1 aliphatic rings. The standard InChI is InChI=1S/C21H18N2O3S/c1-16-11-13-18(14-12-16)27(24,25)23-19-9-5-6-10-20(19)26-15-21(23)22-17-7-3-2-4-8-17/h2-15,22H,1H3. The molecule has 0 unspecified atom stereocenters. The molecule has 4 rings (SSSR count). The van der Waals surface area contributed by atoms with Gasteiger partial charge in [-0.15, -0.1) is 0 Å². The van der Waals surface area contributed by atoms with Gasteiger partial charge in [-0.05, 0) is 43.3 Å². The zero-order valence-electron chi connectivity index (χ0n) is 14.7. The molecule has 5 nitrogen and oxygen atoms in total. The van der Waals surface area contributed by atoms with E-state index in [2.05, 4.69) is 5.32 Å². The second-order valence-corrected chi connectivity index (χ2v) is 7.95. The molecule has 0 spiro atoms. The van der Waals surface area contributed by atoms with Crippen molar-refractivity contribution in [2.45, 2.75) is 11.8 Å². The van der Waals surface area contributed by atoms with Crippen LogP contribution in [0.4, 0.5) is 11.4 Å². The van der Waals surface area contributed by atoms with Gasteiger partial charge < -0.3 is 10.1 Å². The van der Waals surface area contributed by atoms with Crippen molar-refractivity contribution in [1.29, 1.82) is 0 Å². The van der Waals surface area contributed by atoms with E-state index >= 15 is 0 Å². The molecular weight excluding hydrogens is 360 g/mol. The summed E-state index contributed by atoms with van der Waals surface area (Å²) in [6.07, 6.45) is 1.42. The number of rotatable bonds is 4. The maximum Gasteiger partial charge on any atom is 0.270 e. The quantitative estimate of drug-likeness (QED) is 0.726. The number of para-hydroxylation sites is 3. The van der Waals surface area contributed by atoms with Crippen LogP contribution in [0.5, 0.6) is 5.75 Å². The third-order valence-corrected chi connectivity index (χ3v) is 5.95. The lowest BCUT2D eigenvalue weighted by molar-refractivity contribution is 0.466. The highest BCUT2D eigenvalue weighted by molar-refractivity contribution is 7.93. The second-order valence-electron chi connectivity index (χ2n) is 6.16. The zero-order chi connectivity index (χ0) is 18.9. The molecule has 0 amide bonds. The van der Waals surface area contributed by atoms with E-state index < -0.39 is 10.0 Å². The number of aryl methyl sites for hydroxylation is 1. The van der Waals surface area contributed by atoms with Crippen LogP contribution in [0, 0.1) is 6.92 Å². The second kappa shape index (κ2) is 6.81. The normalized spacial score (nSPS) is 13.4. The molecule has 0 saturated heterocycles. The van der Waals surface area contributed by atoms with Gasteiger partial charge in [-0.1, -0.05) is 48.0 Å².